The zero-order chi connectivity index (χ0) is 21.6. The van der Waals surface area contributed by atoms with E-state index < -0.39 is 5.91 Å². The molecule has 3 heterocycles. The number of nitrogens with one attached hydrogen (secondary N) is 2. The van der Waals surface area contributed by atoms with Crippen LogP contribution in [0.4, 0.5) is 11.4 Å². The summed E-state index contributed by atoms with van der Waals surface area (Å²) >= 11 is 0. The van der Waals surface area contributed by atoms with E-state index in [1.807, 2.05) is 24.3 Å². The second-order valence-corrected chi connectivity index (χ2v) is 7.20. The molecule has 1 saturated heterocycles. The number of Topliss-reactive ketones (excluding diaryl/α,β-unsaturated/α-hetero) is 1. The van der Waals surface area contributed by atoms with E-state index in [1.165, 1.54) is 12.1 Å². The predicted molar refractivity (Wildman–Crippen MR) is 117 cm³/mol. The van der Waals surface area contributed by atoms with Crippen LogP contribution in [-0.2, 0) is 6.42 Å². The molecule has 31 heavy (non-hydrogen) atoms. The highest BCUT2D eigenvalue weighted by Crippen LogP contribution is 2.26. The number of rotatable bonds is 7. The topological polar surface area (TPSA) is 96.7 Å². The Hall–Kier alpha value is -3.65. The van der Waals surface area contributed by atoms with Gasteiger partial charge in [-0.1, -0.05) is 12.1 Å². The van der Waals surface area contributed by atoms with Crippen LogP contribution in [0.1, 0.15) is 26.7 Å². The third-order valence-electron chi connectivity index (χ3n) is 5.11. The van der Waals surface area contributed by atoms with Crippen LogP contribution in [0.5, 0.6) is 5.75 Å². The van der Waals surface area contributed by atoms with Crippen molar-refractivity contribution in [2.24, 2.45) is 0 Å². The lowest BCUT2D eigenvalue weighted by atomic mass is 10.1. The Bertz CT molecular complexity index is 1070. The maximum atomic E-state index is 12.7. The zero-order valence-corrected chi connectivity index (χ0v) is 17.3. The summed E-state index contributed by atoms with van der Waals surface area (Å²) < 4.78 is 10.7. The van der Waals surface area contributed by atoms with Crippen molar-refractivity contribution in [2.45, 2.75) is 6.42 Å². The molecule has 0 spiro atoms. The molecular weight excluding hydrogens is 396 g/mol. The van der Waals surface area contributed by atoms with E-state index >= 15 is 0 Å². The van der Waals surface area contributed by atoms with Gasteiger partial charge in [0, 0.05) is 38.8 Å². The molecule has 0 bridgehead atoms. The van der Waals surface area contributed by atoms with Gasteiger partial charge in [0.15, 0.2) is 11.5 Å². The third kappa shape index (κ3) is 4.92. The Balaban J connectivity index is 1.44. The molecule has 0 aliphatic carbocycles. The monoisotopic (exact) mass is 420 g/mol. The van der Waals surface area contributed by atoms with Gasteiger partial charge in [-0.3, -0.25) is 14.6 Å². The van der Waals surface area contributed by atoms with Crippen LogP contribution in [0.2, 0.25) is 0 Å². The first kappa shape index (κ1) is 20.6. The number of methoxy groups -OCH3 is 1. The maximum absolute atomic E-state index is 12.7. The highest BCUT2D eigenvalue weighted by molar-refractivity contribution is 6.05. The van der Waals surface area contributed by atoms with E-state index in [-0.39, 0.29) is 23.7 Å². The number of pyridine rings is 1. The van der Waals surface area contributed by atoms with Gasteiger partial charge in [0.25, 0.3) is 5.91 Å². The molecular formula is C23H24N4O4. The predicted octanol–water partition coefficient (Wildman–Crippen LogP) is 2.77. The molecule has 1 aliphatic heterocycles. The van der Waals surface area contributed by atoms with Crippen molar-refractivity contribution >= 4 is 23.1 Å². The van der Waals surface area contributed by atoms with Gasteiger partial charge in [0.1, 0.15) is 5.75 Å². The molecule has 2 aromatic heterocycles. The number of ketones is 1. The minimum atomic E-state index is -0.426. The second-order valence-electron chi connectivity index (χ2n) is 7.20. The van der Waals surface area contributed by atoms with Crippen molar-refractivity contribution in [1.82, 2.24) is 10.3 Å². The number of ether oxygens (including phenoxy) is 1. The van der Waals surface area contributed by atoms with Crippen LogP contribution < -0.4 is 20.3 Å². The summed E-state index contributed by atoms with van der Waals surface area (Å²) in [4.78, 5) is 31.6. The number of benzene rings is 1. The van der Waals surface area contributed by atoms with Gasteiger partial charge in [-0.15, -0.1) is 0 Å². The number of carbonyl (C=O) groups excluding carboxylic acids is 2. The van der Waals surface area contributed by atoms with Gasteiger partial charge in [0.05, 0.1) is 24.7 Å². The molecule has 3 aromatic rings. The molecule has 1 aliphatic rings. The van der Waals surface area contributed by atoms with E-state index in [4.69, 9.17) is 9.15 Å². The van der Waals surface area contributed by atoms with E-state index in [9.17, 15) is 9.59 Å². The third-order valence-corrected chi connectivity index (χ3v) is 5.11. The van der Waals surface area contributed by atoms with E-state index in [0.29, 0.717) is 11.4 Å². The number of hydrogen-bond donors (Lipinski definition) is 2. The molecule has 8 heteroatoms. The summed E-state index contributed by atoms with van der Waals surface area (Å²) in [7, 11) is 1.58. The Kier molecular flexibility index (Phi) is 6.28. The van der Waals surface area contributed by atoms with Gasteiger partial charge in [-0.25, -0.2) is 0 Å². The van der Waals surface area contributed by atoms with Crippen LogP contribution in [0, 0.1) is 0 Å². The van der Waals surface area contributed by atoms with Crippen LogP contribution in [0.15, 0.2) is 59.3 Å². The highest BCUT2D eigenvalue weighted by Gasteiger charge is 2.19. The first-order valence-corrected chi connectivity index (χ1v) is 10.1. The summed E-state index contributed by atoms with van der Waals surface area (Å²) in [5.41, 5.74) is 2.32. The molecule has 0 saturated carbocycles. The Morgan fingerprint density at radius 1 is 1.16 bits per heavy atom. The van der Waals surface area contributed by atoms with Crippen LogP contribution in [-0.4, -0.2) is 50.0 Å². The van der Waals surface area contributed by atoms with E-state index in [1.54, 1.807) is 25.6 Å². The minimum Gasteiger partial charge on any atom is -0.497 e. The SMILES string of the molecule is COc1cccc(CC(=O)c2ccc(C(=O)Nc3cnccc3N3CCNCC3)o2)c1. The summed E-state index contributed by atoms with van der Waals surface area (Å²) in [5.74, 6) is 0.257. The Labute approximate surface area is 180 Å². The number of piperazine rings is 1. The van der Waals surface area contributed by atoms with Crippen molar-refractivity contribution in [3.8, 4) is 5.75 Å². The fraction of sp³-hybridized carbons (Fsp3) is 0.261. The van der Waals surface area contributed by atoms with Crippen molar-refractivity contribution < 1.29 is 18.7 Å². The lowest BCUT2D eigenvalue weighted by Crippen LogP contribution is -2.43. The summed E-state index contributed by atoms with van der Waals surface area (Å²) in [6, 6.07) is 12.2. The maximum Gasteiger partial charge on any atom is 0.291 e. The van der Waals surface area contributed by atoms with Crippen molar-refractivity contribution in [2.75, 3.05) is 43.5 Å². The standard InChI is InChI=1S/C23H24N4O4/c1-30-17-4-2-3-16(13-17)14-20(28)21-5-6-22(31-21)23(29)26-18-15-25-8-7-19(18)27-11-9-24-10-12-27/h2-8,13,15,24H,9-12,14H2,1H3,(H,26,29). The first-order chi connectivity index (χ1) is 15.1. The van der Waals surface area contributed by atoms with E-state index in [0.717, 1.165) is 37.4 Å². The average Bonchev–Trinajstić information content (AvgIpc) is 3.31. The molecule has 1 fully saturated rings. The molecule has 1 amide bonds. The Morgan fingerprint density at radius 2 is 1.97 bits per heavy atom. The largest absolute Gasteiger partial charge is 0.497 e. The van der Waals surface area contributed by atoms with Gasteiger partial charge in [-0.2, -0.15) is 0 Å². The first-order valence-electron chi connectivity index (χ1n) is 10.1. The quantitative estimate of drug-likeness (QED) is 0.567. The van der Waals surface area contributed by atoms with Gasteiger partial charge in [-0.05, 0) is 35.9 Å². The highest BCUT2D eigenvalue weighted by atomic mass is 16.5. The fourth-order valence-electron chi connectivity index (χ4n) is 3.51. The van der Waals surface area contributed by atoms with Crippen LogP contribution in [0.3, 0.4) is 0 Å². The number of furan rings is 1. The number of hydrogen-bond acceptors (Lipinski definition) is 7. The molecule has 2 N–H and O–H groups in total. The minimum absolute atomic E-state index is 0.0732. The summed E-state index contributed by atoms with van der Waals surface area (Å²) in [5, 5.41) is 6.17. The average molecular weight is 420 g/mol. The fourth-order valence-corrected chi connectivity index (χ4v) is 3.51. The molecule has 0 unspecified atom stereocenters. The van der Waals surface area contributed by atoms with Crippen molar-refractivity contribution in [1.29, 1.82) is 0 Å². The number of nitrogens with zero attached hydrogens (tertiary/aromatic N) is 2. The molecule has 1 aromatic carbocycles. The smallest absolute Gasteiger partial charge is 0.291 e. The van der Waals surface area contributed by atoms with Gasteiger partial charge >= 0.3 is 0 Å². The number of aromatic nitrogens is 1. The summed E-state index contributed by atoms with van der Waals surface area (Å²) in [6.45, 7) is 3.45. The number of anilines is 2. The molecule has 4 rings (SSSR count). The van der Waals surface area contributed by atoms with Crippen LogP contribution >= 0.6 is 0 Å². The van der Waals surface area contributed by atoms with Crippen LogP contribution in [0.25, 0.3) is 0 Å². The lowest BCUT2D eigenvalue weighted by Gasteiger charge is -2.30. The number of carbonyl (C=O) groups is 2. The van der Waals surface area contributed by atoms with Gasteiger partial charge < -0.3 is 24.7 Å². The number of amides is 1. The Morgan fingerprint density at radius 3 is 2.77 bits per heavy atom. The van der Waals surface area contributed by atoms with E-state index in [2.05, 4.69) is 20.5 Å². The van der Waals surface area contributed by atoms with Crippen molar-refractivity contribution in [3.63, 3.8) is 0 Å². The zero-order valence-electron chi connectivity index (χ0n) is 17.3. The summed E-state index contributed by atoms with van der Waals surface area (Å²) in [6.07, 6.45) is 3.48. The molecule has 0 radical (unpaired) electrons. The molecule has 8 nitrogen and oxygen atoms in total. The van der Waals surface area contributed by atoms with Gasteiger partial charge in [0.2, 0.25) is 5.78 Å². The molecule has 0 atom stereocenters. The normalized spacial score (nSPS) is 13.6. The van der Waals surface area contributed by atoms with Crippen molar-refractivity contribution in [3.05, 3.63) is 71.9 Å². The second kappa shape index (κ2) is 9.44. The lowest BCUT2D eigenvalue weighted by molar-refractivity contribution is 0.0954. The molecule has 160 valence electrons.